The number of aromatic nitrogens is 3. The number of carbonyl (C=O) groups excluding carboxylic acids is 1. The third-order valence-corrected chi connectivity index (χ3v) is 6.97. The van der Waals surface area contributed by atoms with Crippen molar-refractivity contribution >= 4 is 17.7 Å². The van der Waals surface area contributed by atoms with Crippen molar-refractivity contribution in [3.8, 4) is 17.3 Å². The number of nitrogens with zero attached hydrogens (tertiary/aromatic N) is 3. The Morgan fingerprint density at radius 2 is 1.75 bits per heavy atom. The predicted molar refractivity (Wildman–Crippen MR) is 125 cm³/mol. The Morgan fingerprint density at radius 1 is 1.00 bits per heavy atom. The molecular formula is C25H24N4O2S. The second-order valence-electron chi connectivity index (χ2n) is 8.02. The second-order valence-corrected chi connectivity index (χ2v) is 8.96. The third kappa shape index (κ3) is 4.08. The van der Waals surface area contributed by atoms with Crippen LogP contribution in [0.3, 0.4) is 0 Å². The fourth-order valence-electron chi connectivity index (χ4n) is 4.15. The molecular weight excluding hydrogens is 420 g/mol. The highest BCUT2D eigenvalue weighted by Gasteiger charge is 2.38. The average Bonchev–Trinajstić information content (AvgIpc) is 3.48. The zero-order valence-electron chi connectivity index (χ0n) is 17.6. The number of thioether (sulfide) groups is 1. The molecule has 5 rings (SSSR count). The molecule has 0 radical (unpaired) electrons. The smallest absolute Gasteiger partial charge is 0.230 e. The number of rotatable bonds is 8. The monoisotopic (exact) mass is 444 g/mol. The highest BCUT2D eigenvalue weighted by atomic mass is 32.2. The van der Waals surface area contributed by atoms with E-state index in [2.05, 4.69) is 39.8 Å². The number of para-hydroxylation sites is 1. The Kier molecular flexibility index (Phi) is 5.81. The first-order valence-corrected chi connectivity index (χ1v) is 11.7. The van der Waals surface area contributed by atoms with Gasteiger partial charge in [-0.3, -0.25) is 9.36 Å². The molecule has 0 saturated heterocycles. The molecule has 0 unspecified atom stereocenters. The first-order chi connectivity index (χ1) is 15.8. The molecule has 0 spiro atoms. The van der Waals surface area contributed by atoms with E-state index in [0.29, 0.717) is 23.3 Å². The Hall–Kier alpha value is -3.32. The van der Waals surface area contributed by atoms with E-state index in [1.807, 2.05) is 53.1 Å². The average molecular weight is 445 g/mol. The highest BCUT2D eigenvalue weighted by molar-refractivity contribution is 7.99. The van der Waals surface area contributed by atoms with Gasteiger partial charge < -0.3 is 9.73 Å². The maximum atomic E-state index is 12.7. The van der Waals surface area contributed by atoms with Gasteiger partial charge in [-0.05, 0) is 42.7 Å². The maximum absolute atomic E-state index is 12.7. The Bertz CT molecular complexity index is 1170. The number of furan rings is 1. The maximum Gasteiger partial charge on any atom is 0.230 e. The van der Waals surface area contributed by atoms with Crippen molar-refractivity contribution in [2.75, 3.05) is 12.3 Å². The number of hydrogen-bond donors (Lipinski definition) is 1. The topological polar surface area (TPSA) is 73.0 Å². The number of amides is 1. The summed E-state index contributed by atoms with van der Waals surface area (Å²) in [6.07, 6.45) is 5.04. The predicted octanol–water partition coefficient (Wildman–Crippen LogP) is 4.86. The summed E-state index contributed by atoms with van der Waals surface area (Å²) in [7, 11) is 0. The van der Waals surface area contributed by atoms with Gasteiger partial charge in [-0.15, -0.1) is 10.2 Å². The quantitative estimate of drug-likeness (QED) is 0.393. The molecule has 0 aliphatic heterocycles. The van der Waals surface area contributed by atoms with Gasteiger partial charge in [0.25, 0.3) is 0 Å². The Labute approximate surface area is 191 Å². The van der Waals surface area contributed by atoms with Gasteiger partial charge in [-0.25, -0.2) is 0 Å². The minimum absolute atomic E-state index is 0.000587. The van der Waals surface area contributed by atoms with Gasteiger partial charge in [0.15, 0.2) is 10.9 Å². The lowest BCUT2D eigenvalue weighted by molar-refractivity contribution is -0.119. The SMILES string of the molecule is O=C(CSc1nnc(-c2ccco2)n1-c1ccccc1)NCC1(c2ccccc2)CCC1. The standard InChI is InChI=1S/C25H24N4O2S/c30-22(26-18-25(14-8-15-25)19-9-3-1-4-10-19)17-32-24-28-27-23(21-13-7-16-31-21)29(24)20-11-5-2-6-12-20/h1-7,9-13,16H,8,14-15,17-18H2,(H,26,30). The molecule has 1 amide bonds. The van der Waals surface area contributed by atoms with Crippen molar-refractivity contribution in [2.24, 2.45) is 0 Å². The number of hydrogen-bond acceptors (Lipinski definition) is 5. The first-order valence-electron chi connectivity index (χ1n) is 10.7. The van der Waals surface area contributed by atoms with E-state index < -0.39 is 0 Å². The molecule has 1 aliphatic rings. The van der Waals surface area contributed by atoms with E-state index in [1.165, 1.54) is 23.7 Å². The Morgan fingerprint density at radius 3 is 2.41 bits per heavy atom. The molecule has 32 heavy (non-hydrogen) atoms. The van der Waals surface area contributed by atoms with Gasteiger partial charge in [-0.1, -0.05) is 66.7 Å². The van der Waals surface area contributed by atoms with Gasteiger partial charge >= 0.3 is 0 Å². The summed E-state index contributed by atoms with van der Waals surface area (Å²) in [5.41, 5.74) is 2.30. The van der Waals surface area contributed by atoms with Gasteiger partial charge in [0.05, 0.1) is 12.0 Å². The minimum atomic E-state index is -0.000587. The molecule has 0 bridgehead atoms. The summed E-state index contributed by atoms with van der Waals surface area (Å²) in [5.74, 6) is 1.52. The van der Waals surface area contributed by atoms with Crippen LogP contribution in [0.1, 0.15) is 24.8 Å². The van der Waals surface area contributed by atoms with Crippen LogP contribution in [0.4, 0.5) is 0 Å². The molecule has 6 nitrogen and oxygen atoms in total. The summed E-state index contributed by atoms with van der Waals surface area (Å²) in [6.45, 7) is 0.666. The van der Waals surface area contributed by atoms with Crippen molar-refractivity contribution in [1.82, 2.24) is 20.1 Å². The Balaban J connectivity index is 1.28. The molecule has 1 fully saturated rings. The summed E-state index contributed by atoms with van der Waals surface area (Å²) in [5, 5.41) is 12.5. The number of benzene rings is 2. The van der Waals surface area contributed by atoms with Gasteiger partial charge in [0.1, 0.15) is 0 Å². The lowest BCUT2D eigenvalue weighted by Gasteiger charge is -2.42. The van der Waals surface area contributed by atoms with Crippen LogP contribution in [0.15, 0.2) is 88.6 Å². The minimum Gasteiger partial charge on any atom is -0.461 e. The van der Waals surface area contributed by atoms with Crippen LogP contribution in [0.2, 0.25) is 0 Å². The van der Waals surface area contributed by atoms with E-state index >= 15 is 0 Å². The van der Waals surface area contributed by atoms with Crippen molar-refractivity contribution in [2.45, 2.75) is 29.8 Å². The summed E-state index contributed by atoms with van der Waals surface area (Å²) >= 11 is 1.38. The van der Waals surface area contributed by atoms with Crippen LogP contribution < -0.4 is 5.32 Å². The fraction of sp³-hybridized carbons (Fsp3) is 0.240. The second kappa shape index (κ2) is 9.04. The zero-order chi connectivity index (χ0) is 21.8. The molecule has 2 heterocycles. The van der Waals surface area contributed by atoms with Crippen LogP contribution in [0, 0.1) is 0 Å². The summed E-state index contributed by atoms with van der Waals surface area (Å²) in [6, 6.07) is 24.0. The molecule has 162 valence electrons. The van der Waals surface area contributed by atoms with Crippen LogP contribution >= 0.6 is 11.8 Å². The van der Waals surface area contributed by atoms with Crippen LogP contribution in [0.5, 0.6) is 0 Å². The molecule has 1 saturated carbocycles. The van der Waals surface area contributed by atoms with Crippen molar-refractivity contribution in [3.05, 3.63) is 84.6 Å². The van der Waals surface area contributed by atoms with Gasteiger partial charge in [0.2, 0.25) is 11.7 Å². The van der Waals surface area contributed by atoms with Gasteiger partial charge in [-0.2, -0.15) is 0 Å². The summed E-state index contributed by atoms with van der Waals surface area (Å²) in [4.78, 5) is 12.7. The zero-order valence-corrected chi connectivity index (χ0v) is 18.4. The van der Waals surface area contributed by atoms with Crippen LogP contribution in [-0.2, 0) is 10.2 Å². The lowest BCUT2D eigenvalue weighted by Crippen LogP contribution is -2.46. The van der Waals surface area contributed by atoms with Crippen molar-refractivity contribution in [1.29, 1.82) is 0 Å². The molecule has 7 heteroatoms. The van der Waals surface area contributed by atoms with Crippen LogP contribution in [0.25, 0.3) is 17.3 Å². The molecule has 1 N–H and O–H groups in total. The summed E-state index contributed by atoms with van der Waals surface area (Å²) < 4.78 is 7.47. The molecule has 0 atom stereocenters. The normalized spacial score (nSPS) is 14.6. The molecule has 1 aliphatic carbocycles. The largest absolute Gasteiger partial charge is 0.461 e. The van der Waals surface area contributed by atoms with E-state index in [1.54, 1.807) is 6.26 Å². The fourth-order valence-corrected chi connectivity index (χ4v) is 4.93. The molecule has 4 aromatic rings. The van der Waals surface area contributed by atoms with Crippen molar-refractivity contribution < 1.29 is 9.21 Å². The molecule has 2 aromatic carbocycles. The number of nitrogens with one attached hydrogen (secondary N) is 1. The third-order valence-electron chi connectivity index (χ3n) is 6.04. The van der Waals surface area contributed by atoms with E-state index in [0.717, 1.165) is 18.5 Å². The van der Waals surface area contributed by atoms with E-state index in [4.69, 9.17) is 4.42 Å². The van der Waals surface area contributed by atoms with Crippen molar-refractivity contribution in [3.63, 3.8) is 0 Å². The van der Waals surface area contributed by atoms with E-state index in [-0.39, 0.29) is 17.1 Å². The van der Waals surface area contributed by atoms with Crippen LogP contribution in [-0.4, -0.2) is 33.0 Å². The highest BCUT2D eigenvalue weighted by Crippen LogP contribution is 2.43. The van der Waals surface area contributed by atoms with E-state index in [9.17, 15) is 4.79 Å². The number of carbonyl (C=O) groups is 1. The molecule has 2 aromatic heterocycles. The first kappa shape index (κ1) is 20.6. The van der Waals surface area contributed by atoms with Gasteiger partial charge in [0, 0.05) is 17.6 Å². The lowest BCUT2D eigenvalue weighted by atomic mass is 9.64.